The number of amides is 1. The third-order valence-electron chi connectivity index (χ3n) is 5.46. The minimum absolute atomic E-state index is 0.0328. The number of aryl methyl sites for hydroxylation is 1. The number of non-ortho nitro benzene ring substituents is 1. The van der Waals surface area contributed by atoms with Crippen molar-refractivity contribution < 1.29 is 19.6 Å². The fourth-order valence-corrected chi connectivity index (χ4v) is 4.61. The molecule has 0 radical (unpaired) electrons. The quantitative estimate of drug-likeness (QED) is 0.289. The Hall–Kier alpha value is -5.34. The molecule has 1 amide bonds. The first-order valence-corrected chi connectivity index (χ1v) is 11.8. The molecule has 0 fully saturated rings. The molecule has 3 aromatic carbocycles. The summed E-state index contributed by atoms with van der Waals surface area (Å²) in [5.74, 6) is -1.90. The minimum atomic E-state index is -1.12. The van der Waals surface area contributed by atoms with Crippen LogP contribution < -0.4 is 20.1 Å². The Morgan fingerprint density at radius 1 is 1.05 bits per heavy atom. The van der Waals surface area contributed by atoms with E-state index in [4.69, 9.17) is 5.11 Å². The average molecular weight is 527 g/mol. The number of anilines is 1. The number of aromatic carboxylic acids is 1. The molecule has 1 heterocycles. The van der Waals surface area contributed by atoms with Crippen molar-refractivity contribution in [2.75, 3.05) is 5.32 Å². The van der Waals surface area contributed by atoms with Gasteiger partial charge in [-0.2, -0.15) is 5.26 Å². The van der Waals surface area contributed by atoms with Gasteiger partial charge in [-0.15, -0.1) is 11.3 Å². The van der Waals surface area contributed by atoms with Crippen LogP contribution in [-0.2, 0) is 4.79 Å². The van der Waals surface area contributed by atoms with Crippen LogP contribution in [-0.4, -0.2) is 26.5 Å². The van der Waals surface area contributed by atoms with E-state index in [1.165, 1.54) is 59.2 Å². The molecule has 0 unspecified atom stereocenters. The van der Waals surface area contributed by atoms with Crippen LogP contribution in [0.4, 0.5) is 11.4 Å². The SMILES string of the molecule is Cc1ccc(-n2c(=C(C#N)C(=O)Nc3ccc(C(=O)O)cc3)sc(=Cc3ccc([N+](=O)[O-])cc3)c2=O)cc1. The molecule has 2 N–H and O–H groups in total. The lowest BCUT2D eigenvalue weighted by atomic mass is 10.2. The number of hydrogen-bond donors (Lipinski definition) is 2. The van der Waals surface area contributed by atoms with Crippen molar-refractivity contribution in [3.8, 4) is 11.8 Å². The number of nitriles is 1. The molecule has 4 aromatic rings. The van der Waals surface area contributed by atoms with Gasteiger partial charge < -0.3 is 10.4 Å². The van der Waals surface area contributed by atoms with Crippen molar-refractivity contribution >= 4 is 46.2 Å². The maximum absolute atomic E-state index is 13.5. The van der Waals surface area contributed by atoms with E-state index in [0.29, 0.717) is 11.3 Å². The third-order valence-corrected chi connectivity index (χ3v) is 6.55. The number of carboxylic acids is 1. The Kier molecular flexibility index (Phi) is 7.27. The second-order valence-corrected chi connectivity index (χ2v) is 9.09. The van der Waals surface area contributed by atoms with Crippen molar-refractivity contribution in [3.63, 3.8) is 0 Å². The lowest BCUT2D eigenvalue weighted by Gasteiger charge is -2.06. The van der Waals surface area contributed by atoms with Gasteiger partial charge >= 0.3 is 5.97 Å². The second-order valence-electron chi connectivity index (χ2n) is 8.06. The van der Waals surface area contributed by atoms with E-state index in [0.717, 1.165) is 16.9 Å². The summed E-state index contributed by atoms with van der Waals surface area (Å²) in [5.41, 5.74) is 1.33. The summed E-state index contributed by atoms with van der Waals surface area (Å²) in [4.78, 5) is 48.1. The molecule has 10 nitrogen and oxygen atoms in total. The van der Waals surface area contributed by atoms with Crippen molar-refractivity contribution in [1.82, 2.24) is 4.57 Å². The zero-order valence-corrected chi connectivity index (χ0v) is 20.6. The molecule has 0 saturated heterocycles. The molecular weight excluding hydrogens is 508 g/mol. The maximum atomic E-state index is 13.5. The highest BCUT2D eigenvalue weighted by Gasteiger charge is 2.18. The first-order valence-electron chi connectivity index (χ1n) is 11.0. The predicted molar refractivity (Wildman–Crippen MR) is 142 cm³/mol. The van der Waals surface area contributed by atoms with Crippen LogP contribution in [0.15, 0.2) is 77.6 Å². The molecule has 188 valence electrons. The highest BCUT2D eigenvalue weighted by Crippen LogP contribution is 2.14. The molecule has 38 heavy (non-hydrogen) atoms. The number of thiazole rings is 1. The van der Waals surface area contributed by atoms with E-state index >= 15 is 0 Å². The molecule has 0 bridgehead atoms. The summed E-state index contributed by atoms with van der Waals surface area (Å²) in [6.07, 6.45) is 1.53. The van der Waals surface area contributed by atoms with E-state index in [-0.39, 0.29) is 31.7 Å². The lowest BCUT2D eigenvalue weighted by Crippen LogP contribution is -2.32. The predicted octanol–water partition coefficient (Wildman–Crippen LogP) is 2.96. The Morgan fingerprint density at radius 2 is 1.68 bits per heavy atom. The summed E-state index contributed by atoms with van der Waals surface area (Å²) >= 11 is 0.931. The van der Waals surface area contributed by atoms with Crippen LogP contribution in [0, 0.1) is 28.4 Å². The van der Waals surface area contributed by atoms with Crippen LogP contribution in [0.25, 0.3) is 17.3 Å². The molecule has 0 spiro atoms. The van der Waals surface area contributed by atoms with Crippen molar-refractivity contribution in [3.05, 3.63) is 119 Å². The standard InChI is InChI=1S/C27H18N4O6S/c1-16-2-10-20(11-3-16)30-25(33)23(14-17-4-12-21(13-5-17)31(36)37)38-26(30)22(15-28)24(32)29-19-8-6-18(7-9-19)27(34)35/h2-14H,1H3,(H,29,32)(H,34,35). The number of nitro benzene ring substituents is 1. The highest BCUT2D eigenvalue weighted by molar-refractivity contribution is 7.07. The van der Waals surface area contributed by atoms with Gasteiger partial charge in [-0.25, -0.2) is 4.79 Å². The normalized spacial score (nSPS) is 11.9. The van der Waals surface area contributed by atoms with Gasteiger partial charge in [0.2, 0.25) is 0 Å². The van der Waals surface area contributed by atoms with Crippen LogP contribution >= 0.6 is 11.3 Å². The first-order chi connectivity index (χ1) is 18.2. The number of nitrogens with one attached hydrogen (secondary N) is 1. The number of benzene rings is 3. The largest absolute Gasteiger partial charge is 0.478 e. The van der Waals surface area contributed by atoms with E-state index < -0.39 is 22.4 Å². The molecule has 11 heteroatoms. The molecule has 0 aliphatic rings. The monoisotopic (exact) mass is 526 g/mol. The summed E-state index contributed by atoms with van der Waals surface area (Å²) in [6, 6.07) is 19.9. The van der Waals surface area contributed by atoms with Crippen LogP contribution in [0.3, 0.4) is 0 Å². The number of nitrogens with zero attached hydrogens (tertiary/aromatic N) is 3. The number of carboxylic acid groups (broad SMARTS) is 1. The highest BCUT2D eigenvalue weighted by atomic mass is 32.1. The van der Waals surface area contributed by atoms with Crippen LogP contribution in [0.5, 0.6) is 0 Å². The third kappa shape index (κ3) is 5.40. The van der Waals surface area contributed by atoms with Crippen molar-refractivity contribution in [1.29, 1.82) is 5.26 Å². The summed E-state index contributed by atoms with van der Waals surface area (Å²) in [6.45, 7) is 1.88. The van der Waals surface area contributed by atoms with E-state index in [9.17, 15) is 29.8 Å². The fraction of sp³-hybridized carbons (Fsp3) is 0.0370. The maximum Gasteiger partial charge on any atom is 0.335 e. The topological polar surface area (TPSA) is 155 Å². The Labute approximate surface area is 218 Å². The molecule has 4 rings (SSSR count). The number of hydrogen-bond acceptors (Lipinski definition) is 7. The van der Waals surface area contributed by atoms with Gasteiger partial charge in [0.15, 0.2) is 5.57 Å². The Bertz CT molecular complexity index is 1780. The second kappa shape index (κ2) is 10.7. The lowest BCUT2D eigenvalue weighted by molar-refractivity contribution is -0.384. The number of aromatic nitrogens is 1. The first kappa shape index (κ1) is 25.7. The smallest absolute Gasteiger partial charge is 0.335 e. The van der Waals surface area contributed by atoms with Crippen LogP contribution in [0.1, 0.15) is 21.5 Å². The summed E-state index contributed by atoms with van der Waals surface area (Å²) < 4.78 is 1.57. The van der Waals surface area contributed by atoms with Gasteiger partial charge in [-0.3, -0.25) is 24.3 Å². The zero-order valence-electron chi connectivity index (χ0n) is 19.7. The van der Waals surface area contributed by atoms with Gasteiger partial charge in [0.25, 0.3) is 17.2 Å². The number of rotatable bonds is 6. The fourth-order valence-electron chi connectivity index (χ4n) is 3.51. The number of nitro groups is 1. The Balaban J connectivity index is 1.88. The number of carbonyl (C=O) groups excluding carboxylic acids is 1. The van der Waals surface area contributed by atoms with Crippen molar-refractivity contribution in [2.45, 2.75) is 6.92 Å². The van der Waals surface area contributed by atoms with Gasteiger partial charge in [0.1, 0.15) is 10.7 Å². The summed E-state index contributed by atoms with van der Waals surface area (Å²) in [7, 11) is 0. The molecule has 1 aromatic heterocycles. The zero-order chi connectivity index (χ0) is 27.4. The van der Waals surface area contributed by atoms with Crippen LogP contribution in [0.2, 0.25) is 0 Å². The molecule has 0 aliphatic carbocycles. The number of carbonyl (C=O) groups is 2. The van der Waals surface area contributed by atoms with Gasteiger partial charge in [-0.1, -0.05) is 17.7 Å². The van der Waals surface area contributed by atoms with E-state index in [2.05, 4.69) is 5.32 Å². The van der Waals surface area contributed by atoms with Gasteiger partial charge in [-0.05, 0) is 67.1 Å². The molecular formula is C27H18N4O6S. The Morgan fingerprint density at radius 3 is 2.24 bits per heavy atom. The minimum Gasteiger partial charge on any atom is -0.478 e. The molecule has 0 saturated carbocycles. The molecule has 0 aliphatic heterocycles. The van der Waals surface area contributed by atoms with E-state index in [1.54, 1.807) is 24.3 Å². The van der Waals surface area contributed by atoms with Gasteiger partial charge in [0.05, 0.1) is 20.7 Å². The average Bonchev–Trinajstić information content (AvgIpc) is 3.20. The molecule has 0 atom stereocenters. The summed E-state index contributed by atoms with van der Waals surface area (Å²) in [5, 5.41) is 32.5. The van der Waals surface area contributed by atoms with Gasteiger partial charge in [0, 0.05) is 17.8 Å². The van der Waals surface area contributed by atoms with E-state index in [1.807, 2.05) is 13.0 Å². The van der Waals surface area contributed by atoms with Crippen molar-refractivity contribution in [2.24, 2.45) is 0 Å².